The minimum Gasteiger partial charge on any atom is -0.394 e. The van der Waals surface area contributed by atoms with E-state index >= 15 is 0 Å². The van der Waals surface area contributed by atoms with Gasteiger partial charge in [-0.1, -0.05) is 24.6 Å². The summed E-state index contributed by atoms with van der Waals surface area (Å²) in [6.45, 7) is 13.1. The van der Waals surface area contributed by atoms with Crippen molar-refractivity contribution in [2.45, 2.75) is 59.2 Å². The fourth-order valence-corrected chi connectivity index (χ4v) is 3.08. The number of rotatable bonds is 4. The van der Waals surface area contributed by atoms with Gasteiger partial charge >= 0.3 is 0 Å². The molecule has 1 aromatic carbocycles. The summed E-state index contributed by atoms with van der Waals surface area (Å²) in [5.41, 5.74) is 4.01. The van der Waals surface area contributed by atoms with Crippen LogP contribution in [0.15, 0.2) is 18.2 Å². The van der Waals surface area contributed by atoms with Gasteiger partial charge in [0, 0.05) is 24.3 Å². The monoisotopic (exact) mass is 290 g/mol. The number of aliphatic hydroxyl groups is 1. The SMILES string of the molecule is Cc1ccc(N2CCC(C)C2CO)c(CNC(C)(C)C)c1. The quantitative estimate of drug-likeness (QED) is 0.894. The van der Waals surface area contributed by atoms with Gasteiger partial charge in [0.2, 0.25) is 0 Å². The number of nitrogens with zero attached hydrogens (tertiary/aromatic N) is 1. The van der Waals surface area contributed by atoms with Crippen LogP contribution in [-0.4, -0.2) is 29.8 Å². The zero-order valence-corrected chi connectivity index (χ0v) is 14.1. The molecule has 21 heavy (non-hydrogen) atoms. The highest BCUT2D eigenvalue weighted by molar-refractivity contribution is 5.56. The number of aryl methyl sites for hydroxylation is 1. The maximum Gasteiger partial charge on any atom is 0.0637 e. The standard InChI is InChI=1S/C18H30N2O/c1-13-6-7-16(15(10-13)11-19-18(3,4)5)20-9-8-14(2)17(20)12-21/h6-7,10,14,17,19,21H,8-9,11-12H2,1-5H3. The first-order chi connectivity index (χ1) is 9.81. The molecule has 0 bridgehead atoms. The smallest absolute Gasteiger partial charge is 0.0637 e. The van der Waals surface area contributed by atoms with Gasteiger partial charge in [0.05, 0.1) is 12.6 Å². The molecule has 2 unspecified atom stereocenters. The summed E-state index contributed by atoms with van der Waals surface area (Å²) in [6, 6.07) is 6.91. The lowest BCUT2D eigenvalue weighted by atomic mass is 10.0. The van der Waals surface area contributed by atoms with Crippen molar-refractivity contribution in [2.75, 3.05) is 18.1 Å². The fourth-order valence-electron chi connectivity index (χ4n) is 3.08. The van der Waals surface area contributed by atoms with E-state index < -0.39 is 0 Å². The molecular formula is C18H30N2O. The molecule has 3 nitrogen and oxygen atoms in total. The van der Waals surface area contributed by atoms with Crippen LogP contribution in [0.4, 0.5) is 5.69 Å². The summed E-state index contributed by atoms with van der Waals surface area (Å²) < 4.78 is 0. The molecule has 2 N–H and O–H groups in total. The van der Waals surface area contributed by atoms with Gasteiger partial charge in [-0.2, -0.15) is 0 Å². The Morgan fingerprint density at radius 2 is 2.05 bits per heavy atom. The lowest BCUT2D eigenvalue weighted by Crippen LogP contribution is -2.38. The number of benzene rings is 1. The number of nitrogens with one attached hydrogen (secondary N) is 1. The van der Waals surface area contributed by atoms with Crippen molar-refractivity contribution in [2.24, 2.45) is 5.92 Å². The Balaban J connectivity index is 2.26. The van der Waals surface area contributed by atoms with Crippen molar-refractivity contribution < 1.29 is 5.11 Å². The Hall–Kier alpha value is -1.06. The van der Waals surface area contributed by atoms with Crippen molar-refractivity contribution in [3.63, 3.8) is 0 Å². The van der Waals surface area contributed by atoms with Gasteiger partial charge < -0.3 is 15.3 Å². The van der Waals surface area contributed by atoms with E-state index in [-0.39, 0.29) is 18.2 Å². The highest BCUT2D eigenvalue weighted by atomic mass is 16.3. The van der Waals surface area contributed by atoms with Crippen LogP contribution in [0.5, 0.6) is 0 Å². The molecule has 3 heteroatoms. The van der Waals surface area contributed by atoms with E-state index in [0.717, 1.165) is 19.5 Å². The molecule has 2 atom stereocenters. The van der Waals surface area contributed by atoms with E-state index in [9.17, 15) is 5.11 Å². The van der Waals surface area contributed by atoms with Gasteiger partial charge in [0.15, 0.2) is 0 Å². The molecule has 2 rings (SSSR count). The first-order valence-electron chi connectivity index (χ1n) is 8.04. The third-order valence-corrected chi connectivity index (χ3v) is 4.42. The third kappa shape index (κ3) is 3.98. The second-order valence-corrected chi connectivity index (χ2v) is 7.44. The topological polar surface area (TPSA) is 35.5 Å². The average Bonchev–Trinajstić information content (AvgIpc) is 2.76. The van der Waals surface area contributed by atoms with Gasteiger partial charge in [-0.15, -0.1) is 0 Å². The largest absolute Gasteiger partial charge is 0.394 e. The highest BCUT2D eigenvalue weighted by Gasteiger charge is 2.31. The maximum absolute atomic E-state index is 9.72. The fraction of sp³-hybridized carbons (Fsp3) is 0.667. The number of aliphatic hydroxyl groups excluding tert-OH is 1. The predicted octanol–water partition coefficient (Wildman–Crippen LogP) is 3.09. The van der Waals surface area contributed by atoms with E-state index in [1.807, 2.05) is 0 Å². The number of hydrogen-bond acceptors (Lipinski definition) is 3. The molecule has 1 saturated heterocycles. The summed E-state index contributed by atoms with van der Waals surface area (Å²) >= 11 is 0. The molecule has 1 fully saturated rings. The van der Waals surface area contributed by atoms with Crippen LogP contribution in [0, 0.1) is 12.8 Å². The van der Waals surface area contributed by atoms with E-state index in [2.05, 4.69) is 63.0 Å². The highest BCUT2D eigenvalue weighted by Crippen LogP contribution is 2.32. The summed E-state index contributed by atoms with van der Waals surface area (Å²) in [5.74, 6) is 0.555. The molecule has 1 aromatic rings. The molecular weight excluding hydrogens is 260 g/mol. The average molecular weight is 290 g/mol. The second-order valence-electron chi connectivity index (χ2n) is 7.44. The third-order valence-electron chi connectivity index (χ3n) is 4.42. The molecule has 0 amide bonds. The van der Waals surface area contributed by atoms with E-state index in [0.29, 0.717) is 5.92 Å². The molecule has 0 spiro atoms. The van der Waals surface area contributed by atoms with Crippen LogP contribution in [0.2, 0.25) is 0 Å². The molecule has 0 aliphatic carbocycles. The van der Waals surface area contributed by atoms with Crippen molar-refractivity contribution >= 4 is 5.69 Å². The molecule has 118 valence electrons. The molecule has 1 aliphatic rings. The van der Waals surface area contributed by atoms with Crippen LogP contribution in [0.1, 0.15) is 45.2 Å². The Morgan fingerprint density at radius 3 is 2.67 bits per heavy atom. The van der Waals surface area contributed by atoms with Crippen LogP contribution in [0.25, 0.3) is 0 Å². The predicted molar refractivity (Wildman–Crippen MR) is 89.8 cm³/mol. The molecule has 1 aliphatic heterocycles. The lowest BCUT2D eigenvalue weighted by Gasteiger charge is -2.30. The van der Waals surface area contributed by atoms with E-state index in [1.165, 1.54) is 16.8 Å². The van der Waals surface area contributed by atoms with Gasteiger partial charge in [-0.25, -0.2) is 0 Å². The Kier molecular flexibility index (Phi) is 4.95. The number of hydrogen-bond donors (Lipinski definition) is 2. The molecule has 1 heterocycles. The zero-order chi connectivity index (χ0) is 15.6. The first-order valence-corrected chi connectivity index (χ1v) is 8.04. The Morgan fingerprint density at radius 1 is 1.33 bits per heavy atom. The maximum atomic E-state index is 9.72. The normalized spacial score (nSPS) is 22.9. The molecule has 0 aromatic heterocycles. The first kappa shape index (κ1) is 16.3. The summed E-state index contributed by atoms with van der Waals surface area (Å²) in [4.78, 5) is 2.39. The molecule has 0 saturated carbocycles. The summed E-state index contributed by atoms with van der Waals surface area (Å²) in [6.07, 6.45) is 1.16. The van der Waals surface area contributed by atoms with Crippen molar-refractivity contribution in [1.82, 2.24) is 5.32 Å². The second kappa shape index (κ2) is 6.37. The van der Waals surface area contributed by atoms with E-state index in [4.69, 9.17) is 0 Å². The van der Waals surface area contributed by atoms with Crippen LogP contribution in [0.3, 0.4) is 0 Å². The number of anilines is 1. The van der Waals surface area contributed by atoms with Crippen LogP contribution >= 0.6 is 0 Å². The summed E-state index contributed by atoms with van der Waals surface area (Å²) in [5, 5.41) is 13.3. The van der Waals surface area contributed by atoms with Crippen LogP contribution < -0.4 is 10.2 Å². The van der Waals surface area contributed by atoms with Crippen molar-refractivity contribution in [3.05, 3.63) is 29.3 Å². The summed E-state index contributed by atoms with van der Waals surface area (Å²) in [7, 11) is 0. The minimum absolute atomic E-state index is 0.107. The van der Waals surface area contributed by atoms with Gasteiger partial charge in [-0.3, -0.25) is 0 Å². The lowest BCUT2D eigenvalue weighted by molar-refractivity contribution is 0.244. The molecule has 0 radical (unpaired) electrons. The minimum atomic E-state index is 0.107. The van der Waals surface area contributed by atoms with E-state index in [1.54, 1.807) is 0 Å². The van der Waals surface area contributed by atoms with Crippen LogP contribution in [-0.2, 0) is 6.54 Å². The van der Waals surface area contributed by atoms with Crippen molar-refractivity contribution in [3.8, 4) is 0 Å². The zero-order valence-electron chi connectivity index (χ0n) is 14.1. The van der Waals surface area contributed by atoms with Gasteiger partial charge in [0.25, 0.3) is 0 Å². The van der Waals surface area contributed by atoms with Crippen molar-refractivity contribution in [1.29, 1.82) is 0 Å². The van der Waals surface area contributed by atoms with Gasteiger partial charge in [-0.05, 0) is 51.7 Å². The van der Waals surface area contributed by atoms with Gasteiger partial charge in [0.1, 0.15) is 0 Å². The Labute approximate surface area is 129 Å². The Bertz CT molecular complexity index is 479.